The van der Waals surface area contributed by atoms with Crippen molar-refractivity contribution >= 4 is 28.6 Å². The third-order valence-electron chi connectivity index (χ3n) is 6.18. The smallest absolute Gasteiger partial charge is 0.150 e. The van der Waals surface area contributed by atoms with E-state index in [4.69, 9.17) is 14.5 Å². The first-order chi connectivity index (χ1) is 17.0. The standard InChI is InChI=1S/C26H28N6O3/c1-31-15-18(13-29-31)25-14-28-23-6-5-19(11-24(23)30-25)32(8-4-7-26(33)16-27-17-26)20-9-21(34-2)12-22(10-20)35-3/h5-6,9-14,18,27,33H,8,15-17H2,1-3H3. The molecule has 3 heterocycles. The topological polar surface area (TPSA) is 95.3 Å². The van der Waals surface area contributed by atoms with E-state index in [0.717, 1.165) is 34.6 Å². The Morgan fingerprint density at radius 1 is 1.11 bits per heavy atom. The number of fused-ring (bicyclic) bond motifs is 1. The summed E-state index contributed by atoms with van der Waals surface area (Å²) in [7, 11) is 5.19. The molecule has 2 aromatic carbocycles. The summed E-state index contributed by atoms with van der Waals surface area (Å²) in [5, 5.41) is 19.7. The van der Waals surface area contributed by atoms with E-state index in [-0.39, 0.29) is 5.92 Å². The monoisotopic (exact) mass is 472 g/mol. The van der Waals surface area contributed by atoms with Crippen LogP contribution in [0.3, 0.4) is 0 Å². The zero-order valence-electron chi connectivity index (χ0n) is 20.0. The van der Waals surface area contributed by atoms with Crippen LogP contribution in [-0.2, 0) is 0 Å². The molecule has 0 bridgehead atoms. The second-order valence-electron chi connectivity index (χ2n) is 8.77. The number of hydrazone groups is 1. The zero-order chi connectivity index (χ0) is 24.4. The number of rotatable bonds is 6. The summed E-state index contributed by atoms with van der Waals surface area (Å²) in [6.07, 6.45) is 3.73. The van der Waals surface area contributed by atoms with Crippen molar-refractivity contribution in [3.63, 3.8) is 0 Å². The maximum atomic E-state index is 10.4. The quantitative estimate of drug-likeness (QED) is 0.527. The molecule has 2 aliphatic heterocycles. The third kappa shape index (κ3) is 4.85. The first-order valence-corrected chi connectivity index (χ1v) is 11.4. The summed E-state index contributed by atoms with van der Waals surface area (Å²) in [6.45, 7) is 2.09. The average molecular weight is 473 g/mol. The number of hydrogen-bond donors (Lipinski definition) is 2. The van der Waals surface area contributed by atoms with Gasteiger partial charge in [0.15, 0.2) is 0 Å². The second-order valence-corrected chi connectivity index (χ2v) is 8.77. The van der Waals surface area contributed by atoms with E-state index < -0.39 is 5.60 Å². The predicted octanol–water partition coefficient (Wildman–Crippen LogP) is 2.14. The average Bonchev–Trinajstić information content (AvgIpc) is 3.30. The molecular weight excluding hydrogens is 444 g/mol. The minimum Gasteiger partial charge on any atom is -0.497 e. The molecule has 0 amide bonds. The first kappa shape index (κ1) is 22.9. The van der Waals surface area contributed by atoms with Crippen LogP contribution in [0.15, 0.2) is 47.7 Å². The van der Waals surface area contributed by atoms with Crippen LogP contribution in [0.25, 0.3) is 11.0 Å². The van der Waals surface area contributed by atoms with Gasteiger partial charge < -0.3 is 24.8 Å². The van der Waals surface area contributed by atoms with Crippen LogP contribution in [0.5, 0.6) is 11.5 Å². The van der Waals surface area contributed by atoms with Crippen molar-refractivity contribution < 1.29 is 14.6 Å². The number of nitrogens with one attached hydrogen (secondary N) is 1. The molecule has 1 atom stereocenters. The van der Waals surface area contributed by atoms with Crippen molar-refractivity contribution in [1.82, 2.24) is 20.3 Å². The van der Waals surface area contributed by atoms with Crippen LogP contribution in [0, 0.1) is 11.8 Å². The van der Waals surface area contributed by atoms with E-state index in [1.807, 2.05) is 65.8 Å². The van der Waals surface area contributed by atoms with Crippen LogP contribution in [0.1, 0.15) is 11.6 Å². The maximum absolute atomic E-state index is 10.4. The molecule has 1 fully saturated rings. The van der Waals surface area contributed by atoms with Gasteiger partial charge in [-0.25, -0.2) is 4.98 Å². The van der Waals surface area contributed by atoms with E-state index in [0.29, 0.717) is 31.1 Å². The molecule has 0 saturated carbocycles. The molecule has 9 nitrogen and oxygen atoms in total. The van der Waals surface area contributed by atoms with Gasteiger partial charge in [-0.3, -0.25) is 9.99 Å². The van der Waals surface area contributed by atoms with E-state index >= 15 is 0 Å². The Balaban J connectivity index is 1.54. The highest BCUT2D eigenvalue weighted by atomic mass is 16.5. The number of benzene rings is 2. The number of ether oxygens (including phenoxy) is 2. The first-order valence-electron chi connectivity index (χ1n) is 11.4. The van der Waals surface area contributed by atoms with E-state index in [1.54, 1.807) is 14.2 Å². The maximum Gasteiger partial charge on any atom is 0.150 e. The van der Waals surface area contributed by atoms with Crippen LogP contribution in [0.4, 0.5) is 11.4 Å². The minimum absolute atomic E-state index is 0.113. The van der Waals surface area contributed by atoms with Crippen molar-refractivity contribution in [1.29, 1.82) is 0 Å². The fourth-order valence-electron chi connectivity index (χ4n) is 4.12. The van der Waals surface area contributed by atoms with Gasteiger partial charge in [0.05, 0.1) is 43.4 Å². The molecule has 5 rings (SSSR count). The van der Waals surface area contributed by atoms with Crippen molar-refractivity contribution in [2.75, 3.05) is 52.3 Å². The fraction of sp³-hybridized carbons (Fsp3) is 0.346. The highest BCUT2D eigenvalue weighted by molar-refractivity contribution is 5.82. The molecule has 0 radical (unpaired) electrons. The number of hydrogen-bond acceptors (Lipinski definition) is 9. The lowest BCUT2D eigenvalue weighted by molar-refractivity contribution is 0.0472. The number of nitrogens with zero attached hydrogens (tertiary/aromatic N) is 5. The third-order valence-corrected chi connectivity index (χ3v) is 6.18. The molecule has 2 N–H and O–H groups in total. The lowest BCUT2D eigenvalue weighted by Crippen LogP contribution is -2.58. The van der Waals surface area contributed by atoms with Crippen molar-refractivity contribution in [3.8, 4) is 23.3 Å². The molecule has 2 aliphatic rings. The van der Waals surface area contributed by atoms with Gasteiger partial charge in [0.1, 0.15) is 17.1 Å². The summed E-state index contributed by atoms with van der Waals surface area (Å²) >= 11 is 0. The Morgan fingerprint density at radius 2 is 1.89 bits per heavy atom. The number of aromatic nitrogens is 2. The highest BCUT2D eigenvalue weighted by Crippen LogP contribution is 2.34. The molecule has 3 aromatic rings. The number of likely N-dealkylation sites (N-methyl/N-ethyl adjacent to an activating group) is 1. The number of anilines is 2. The summed E-state index contributed by atoms with van der Waals surface area (Å²) in [6, 6.07) is 11.7. The van der Waals surface area contributed by atoms with Gasteiger partial charge in [-0.05, 0) is 18.2 Å². The fourth-order valence-corrected chi connectivity index (χ4v) is 4.12. The molecule has 1 unspecified atom stereocenters. The van der Waals surface area contributed by atoms with E-state index in [9.17, 15) is 5.11 Å². The van der Waals surface area contributed by atoms with Crippen LogP contribution in [-0.4, -0.2) is 79.3 Å². The molecule has 0 aliphatic carbocycles. The van der Waals surface area contributed by atoms with E-state index in [1.165, 1.54) is 0 Å². The normalized spacial score (nSPS) is 18.1. The van der Waals surface area contributed by atoms with Gasteiger partial charge in [0.2, 0.25) is 0 Å². The Bertz CT molecular complexity index is 1310. The van der Waals surface area contributed by atoms with Crippen LogP contribution in [0.2, 0.25) is 0 Å². The highest BCUT2D eigenvalue weighted by Gasteiger charge is 2.31. The largest absolute Gasteiger partial charge is 0.497 e. The molecule has 0 spiro atoms. The van der Waals surface area contributed by atoms with Gasteiger partial charge in [-0.1, -0.05) is 11.8 Å². The Kier molecular flexibility index (Phi) is 6.16. The molecule has 35 heavy (non-hydrogen) atoms. The summed E-state index contributed by atoms with van der Waals surface area (Å²) < 4.78 is 11.0. The van der Waals surface area contributed by atoms with Crippen molar-refractivity contribution in [2.24, 2.45) is 5.10 Å². The zero-order valence-corrected chi connectivity index (χ0v) is 20.0. The van der Waals surface area contributed by atoms with Crippen LogP contribution >= 0.6 is 0 Å². The molecule has 1 saturated heterocycles. The summed E-state index contributed by atoms with van der Waals surface area (Å²) in [4.78, 5) is 11.6. The van der Waals surface area contributed by atoms with Gasteiger partial charge >= 0.3 is 0 Å². The van der Waals surface area contributed by atoms with Gasteiger partial charge in [0, 0.05) is 68.7 Å². The van der Waals surface area contributed by atoms with Crippen molar-refractivity contribution in [3.05, 3.63) is 48.3 Å². The molecule has 180 valence electrons. The Hall–Kier alpha value is -3.87. The van der Waals surface area contributed by atoms with Gasteiger partial charge in [-0.2, -0.15) is 5.10 Å². The summed E-state index contributed by atoms with van der Waals surface area (Å²) in [5.41, 5.74) is 3.25. The number of methoxy groups -OCH3 is 2. The van der Waals surface area contributed by atoms with Crippen LogP contribution < -0.4 is 19.7 Å². The lowest BCUT2D eigenvalue weighted by Gasteiger charge is -2.32. The van der Waals surface area contributed by atoms with Gasteiger partial charge in [0.25, 0.3) is 0 Å². The number of β-amino-alcohol motifs (C(OH)–C–C–N with tert-alkyl or cyclic N) is 1. The molecular formula is C26H28N6O3. The SMILES string of the molecule is COc1cc(OC)cc(N(CC#CC2(O)CNC2)c2ccc3ncc(C4C=NN(C)C4)nc3c2)c1. The number of aliphatic hydroxyl groups is 1. The Labute approximate surface area is 204 Å². The summed E-state index contributed by atoms with van der Waals surface area (Å²) in [5.74, 6) is 7.61. The van der Waals surface area contributed by atoms with E-state index in [2.05, 4.69) is 27.2 Å². The molecule has 9 heteroatoms. The predicted molar refractivity (Wildman–Crippen MR) is 136 cm³/mol. The lowest BCUT2D eigenvalue weighted by atomic mass is 9.98. The Morgan fingerprint density at radius 3 is 2.51 bits per heavy atom. The molecule has 1 aromatic heterocycles. The second kappa shape index (κ2) is 9.41. The van der Waals surface area contributed by atoms with Crippen molar-refractivity contribution in [2.45, 2.75) is 11.5 Å². The van der Waals surface area contributed by atoms with Gasteiger partial charge in [-0.15, -0.1) is 0 Å². The minimum atomic E-state index is -0.975.